The molecule has 0 aromatic carbocycles. The molecule has 0 amide bonds. The lowest BCUT2D eigenvalue weighted by molar-refractivity contribution is -0.0982. The number of rotatable bonds is 4. The van der Waals surface area contributed by atoms with E-state index < -0.39 is 0 Å². The first-order valence-electron chi connectivity index (χ1n) is 7.05. The van der Waals surface area contributed by atoms with Crippen LogP contribution < -0.4 is 5.32 Å². The molecule has 5 atom stereocenters. The van der Waals surface area contributed by atoms with Crippen molar-refractivity contribution in [3.05, 3.63) is 12.2 Å². The fourth-order valence-electron chi connectivity index (χ4n) is 4.05. The second-order valence-corrected chi connectivity index (χ2v) is 6.78. The third kappa shape index (κ3) is 1.86. The minimum absolute atomic E-state index is 0.308. The highest BCUT2D eigenvalue weighted by Gasteiger charge is 2.48. The van der Waals surface area contributed by atoms with Gasteiger partial charge in [0.2, 0.25) is 0 Å². The predicted molar refractivity (Wildman–Crippen MR) is 69.8 cm³/mol. The van der Waals surface area contributed by atoms with Crippen LogP contribution in [0.25, 0.3) is 0 Å². The summed E-state index contributed by atoms with van der Waals surface area (Å²) in [6.45, 7) is 5.85. The van der Waals surface area contributed by atoms with Gasteiger partial charge in [0.05, 0.1) is 6.10 Å². The summed E-state index contributed by atoms with van der Waals surface area (Å²) in [6, 6.07) is 0.649. The van der Waals surface area contributed by atoms with Crippen molar-refractivity contribution in [3.8, 4) is 0 Å². The summed E-state index contributed by atoms with van der Waals surface area (Å²) in [5.41, 5.74) is 0.308. The number of ether oxygens (including phenoxy) is 1. The molecule has 5 unspecified atom stereocenters. The van der Waals surface area contributed by atoms with E-state index in [1.165, 1.54) is 25.8 Å². The van der Waals surface area contributed by atoms with Crippen LogP contribution in [0.3, 0.4) is 0 Å². The zero-order valence-corrected chi connectivity index (χ0v) is 11.3. The van der Waals surface area contributed by atoms with Gasteiger partial charge in [-0.15, -0.1) is 0 Å². The van der Waals surface area contributed by atoms with Crippen molar-refractivity contribution in [1.29, 1.82) is 0 Å². The van der Waals surface area contributed by atoms with Gasteiger partial charge in [-0.2, -0.15) is 0 Å². The SMILES string of the molecule is COC1CC(NCC2CC3C=CC2C3)C1(C)C. The van der Waals surface area contributed by atoms with Crippen LogP contribution in [0.2, 0.25) is 0 Å². The van der Waals surface area contributed by atoms with Crippen molar-refractivity contribution in [1.82, 2.24) is 5.32 Å². The van der Waals surface area contributed by atoms with E-state index in [1.807, 2.05) is 7.11 Å². The minimum atomic E-state index is 0.308. The van der Waals surface area contributed by atoms with E-state index in [-0.39, 0.29) is 0 Å². The van der Waals surface area contributed by atoms with E-state index in [0.29, 0.717) is 17.6 Å². The van der Waals surface area contributed by atoms with Crippen molar-refractivity contribution in [2.24, 2.45) is 23.2 Å². The molecule has 2 saturated carbocycles. The molecular formula is C15H25NO. The summed E-state index contributed by atoms with van der Waals surface area (Å²) in [5, 5.41) is 3.79. The fraction of sp³-hybridized carbons (Fsp3) is 0.867. The Kier molecular flexibility index (Phi) is 2.83. The molecule has 3 aliphatic carbocycles. The van der Waals surface area contributed by atoms with Gasteiger partial charge in [0.1, 0.15) is 0 Å². The Morgan fingerprint density at radius 3 is 2.59 bits per heavy atom. The molecule has 0 aromatic heterocycles. The summed E-state index contributed by atoms with van der Waals surface area (Å²) in [5.74, 6) is 2.66. The van der Waals surface area contributed by atoms with Crippen LogP contribution in [0.1, 0.15) is 33.1 Å². The largest absolute Gasteiger partial charge is 0.381 e. The Balaban J connectivity index is 1.48. The van der Waals surface area contributed by atoms with E-state index in [9.17, 15) is 0 Å². The monoisotopic (exact) mass is 235 g/mol. The van der Waals surface area contributed by atoms with Crippen LogP contribution in [0.4, 0.5) is 0 Å². The lowest BCUT2D eigenvalue weighted by Crippen LogP contribution is -2.61. The van der Waals surface area contributed by atoms with Crippen LogP contribution in [0, 0.1) is 23.2 Å². The predicted octanol–water partition coefficient (Wildman–Crippen LogP) is 2.60. The maximum absolute atomic E-state index is 5.50. The highest BCUT2D eigenvalue weighted by atomic mass is 16.5. The molecule has 96 valence electrons. The normalized spacial score (nSPS) is 46.2. The zero-order valence-electron chi connectivity index (χ0n) is 11.3. The highest BCUT2D eigenvalue weighted by molar-refractivity contribution is 5.11. The molecule has 2 heteroatoms. The number of fused-ring (bicyclic) bond motifs is 2. The maximum atomic E-state index is 5.50. The molecule has 0 aliphatic heterocycles. The fourth-order valence-corrected chi connectivity index (χ4v) is 4.05. The van der Waals surface area contributed by atoms with Crippen molar-refractivity contribution in [2.75, 3.05) is 13.7 Å². The third-order valence-corrected chi connectivity index (χ3v) is 5.51. The summed E-state index contributed by atoms with van der Waals surface area (Å²) >= 11 is 0. The van der Waals surface area contributed by atoms with Gasteiger partial charge in [-0.1, -0.05) is 26.0 Å². The van der Waals surface area contributed by atoms with Gasteiger partial charge in [-0.3, -0.25) is 0 Å². The Morgan fingerprint density at radius 2 is 2.06 bits per heavy atom. The molecule has 0 saturated heterocycles. The van der Waals surface area contributed by atoms with Crippen molar-refractivity contribution in [2.45, 2.75) is 45.3 Å². The van der Waals surface area contributed by atoms with E-state index in [2.05, 4.69) is 31.3 Å². The molecule has 1 N–H and O–H groups in total. The number of hydrogen-bond donors (Lipinski definition) is 1. The third-order valence-electron chi connectivity index (χ3n) is 5.51. The lowest BCUT2D eigenvalue weighted by atomic mass is 9.64. The minimum Gasteiger partial charge on any atom is -0.381 e. The molecule has 2 bridgehead atoms. The van der Waals surface area contributed by atoms with Crippen molar-refractivity contribution < 1.29 is 4.74 Å². The topological polar surface area (TPSA) is 21.3 Å². The van der Waals surface area contributed by atoms with Gasteiger partial charge in [-0.05, 0) is 43.6 Å². The second-order valence-electron chi connectivity index (χ2n) is 6.78. The Morgan fingerprint density at radius 1 is 1.24 bits per heavy atom. The van der Waals surface area contributed by atoms with Crippen LogP contribution in [0.5, 0.6) is 0 Å². The molecule has 2 nitrogen and oxygen atoms in total. The highest BCUT2D eigenvalue weighted by Crippen LogP contribution is 2.45. The molecular weight excluding hydrogens is 210 g/mol. The molecule has 0 heterocycles. The van der Waals surface area contributed by atoms with E-state index >= 15 is 0 Å². The second kappa shape index (κ2) is 4.10. The molecule has 3 rings (SSSR count). The maximum Gasteiger partial charge on any atom is 0.0652 e. The number of methoxy groups -OCH3 is 1. The molecule has 3 aliphatic rings. The molecule has 0 spiro atoms. The van der Waals surface area contributed by atoms with E-state index in [0.717, 1.165) is 17.8 Å². The molecule has 0 aromatic rings. The standard InChI is InChI=1S/C15H25NO/c1-15(2)13(8-14(15)17-3)16-9-12-7-10-4-5-11(12)6-10/h4-5,10-14,16H,6-9H2,1-3H3. The van der Waals surface area contributed by atoms with Gasteiger partial charge >= 0.3 is 0 Å². The molecule has 17 heavy (non-hydrogen) atoms. The van der Waals surface area contributed by atoms with Crippen LogP contribution in [-0.2, 0) is 4.74 Å². The van der Waals surface area contributed by atoms with Crippen LogP contribution >= 0.6 is 0 Å². The summed E-state index contributed by atoms with van der Waals surface area (Å²) in [6.07, 6.45) is 9.33. The summed E-state index contributed by atoms with van der Waals surface area (Å²) < 4.78 is 5.50. The van der Waals surface area contributed by atoms with E-state index in [1.54, 1.807) is 0 Å². The molecule has 0 radical (unpaired) electrons. The first kappa shape index (κ1) is 11.7. The average molecular weight is 235 g/mol. The van der Waals surface area contributed by atoms with E-state index in [4.69, 9.17) is 4.74 Å². The van der Waals surface area contributed by atoms with Gasteiger partial charge in [0.15, 0.2) is 0 Å². The smallest absolute Gasteiger partial charge is 0.0652 e. The number of hydrogen-bond acceptors (Lipinski definition) is 2. The quantitative estimate of drug-likeness (QED) is 0.756. The molecule has 2 fully saturated rings. The number of nitrogens with one attached hydrogen (secondary N) is 1. The Labute approximate surface area is 105 Å². The van der Waals surface area contributed by atoms with Crippen molar-refractivity contribution in [3.63, 3.8) is 0 Å². The van der Waals surface area contributed by atoms with Crippen LogP contribution in [0.15, 0.2) is 12.2 Å². The van der Waals surface area contributed by atoms with Crippen LogP contribution in [-0.4, -0.2) is 25.8 Å². The van der Waals surface area contributed by atoms with Crippen molar-refractivity contribution >= 4 is 0 Å². The zero-order chi connectivity index (χ0) is 12.0. The lowest BCUT2D eigenvalue weighted by Gasteiger charge is -2.51. The Bertz CT molecular complexity index is 323. The summed E-state index contributed by atoms with van der Waals surface area (Å²) in [4.78, 5) is 0. The number of allylic oxidation sites excluding steroid dienone is 2. The Hall–Kier alpha value is -0.340. The van der Waals surface area contributed by atoms with Gasteiger partial charge < -0.3 is 10.1 Å². The average Bonchev–Trinajstić information content (AvgIpc) is 2.89. The van der Waals surface area contributed by atoms with Gasteiger partial charge in [0.25, 0.3) is 0 Å². The first-order valence-corrected chi connectivity index (χ1v) is 7.05. The first-order chi connectivity index (χ1) is 8.11. The van der Waals surface area contributed by atoms with Gasteiger partial charge in [0, 0.05) is 18.6 Å². The summed E-state index contributed by atoms with van der Waals surface area (Å²) in [7, 11) is 1.84. The van der Waals surface area contributed by atoms with Gasteiger partial charge in [-0.25, -0.2) is 0 Å².